The molecule has 3 aromatic rings. The number of carbonyl (C=O) groups excluding carboxylic acids is 3. The van der Waals surface area contributed by atoms with E-state index in [2.05, 4.69) is 25.9 Å². The van der Waals surface area contributed by atoms with Crippen LogP contribution >= 0.6 is 0 Å². The van der Waals surface area contributed by atoms with Gasteiger partial charge in [0.1, 0.15) is 23.9 Å². The molecule has 3 amide bonds. The molecule has 1 aliphatic rings. The number of rotatable bonds is 11. The summed E-state index contributed by atoms with van der Waals surface area (Å²) >= 11 is 0. The first-order valence-corrected chi connectivity index (χ1v) is 19.3. The molecular formula is C33H41N9O8S2. The molecule has 0 spiro atoms. The minimum absolute atomic E-state index is 0.00826. The molecule has 4 rings (SSSR count). The van der Waals surface area contributed by atoms with Gasteiger partial charge < -0.3 is 25.6 Å². The highest BCUT2D eigenvalue weighted by molar-refractivity contribution is 7.92. The van der Waals surface area contributed by atoms with Crippen molar-refractivity contribution in [1.29, 1.82) is 5.26 Å². The van der Waals surface area contributed by atoms with E-state index in [-0.39, 0.29) is 53.7 Å². The van der Waals surface area contributed by atoms with Gasteiger partial charge in [-0.2, -0.15) is 9.57 Å². The second-order valence-electron chi connectivity index (χ2n) is 12.9. The Hall–Kier alpha value is -5.32. The molecular weight excluding hydrogens is 715 g/mol. The van der Waals surface area contributed by atoms with E-state index in [1.54, 1.807) is 39.8 Å². The number of nitriles is 1. The van der Waals surface area contributed by atoms with E-state index in [9.17, 15) is 36.5 Å². The van der Waals surface area contributed by atoms with Crippen LogP contribution in [0.2, 0.25) is 0 Å². The highest BCUT2D eigenvalue weighted by atomic mass is 32.2. The zero-order valence-corrected chi connectivity index (χ0v) is 31.3. The normalized spacial score (nSPS) is 13.8. The number of benzene rings is 2. The molecule has 1 aliphatic heterocycles. The Labute approximate surface area is 303 Å². The van der Waals surface area contributed by atoms with Gasteiger partial charge in [0.05, 0.1) is 22.4 Å². The number of aromatic nitrogens is 2. The SMILES string of the molecule is Cc1cc(C#N)nc(N2CCN(S(=O)(=O)c3ccc(NC(=O)c4cc(CNC(=O)CNC(=O)OC(C)(C)C)ccc4N(C)S(C)(=O)=O)cc3)CC2)n1. The van der Waals surface area contributed by atoms with E-state index < -0.39 is 43.6 Å². The summed E-state index contributed by atoms with van der Waals surface area (Å²) in [5.41, 5.74) is 0.872. The predicted molar refractivity (Wildman–Crippen MR) is 193 cm³/mol. The fourth-order valence-corrected chi connectivity index (χ4v) is 6.93. The molecule has 2 aromatic carbocycles. The van der Waals surface area contributed by atoms with Crippen molar-refractivity contribution < 1.29 is 36.0 Å². The van der Waals surface area contributed by atoms with Crippen LogP contribution < -0.4 is 25.2 Å². The summed E-state index contributed by atoms with van der Waals surface area (Å²) < 4.78 is 59.1. The van der Waals surface area contributed by atoms with Crippen molar-refractivity contribution in [3.05, 3.63) is 71.0 Å². The zero-order chi connectivity index (χ0) is 38.4. The van der Waals surface area contributed by atoms with Crippen LogP contribution in [0.15, 0.2) is 53.4 Å². The quantitative estimate of drug-likeness (QED) is 0.256. The molecule has 0 bridgehead atoms. The predicted octanol–water partition coefficient (Wildman–Crippen LogP) is 1.96. The fourth-order valence-electron chi connectivity index (χ4n) is 5.00. The lowest BCUT2D eigenvalue weighted by atomic mass is 10.1. The molecule has 278 valence electrons. The van der Waals surface area contributed by atoms with Crippen LogP contribution in [-0.2, 0) is 36.1 Å². The molecule has 1 saturated heterocycles. The molecule has 0 aliphatic carbocycles. The Morgan fingerprint density at radius 3 is 2.21 bits per heavy atom. The maximum Gasteiger partial charge on any atom is 0.408 e. The van der Waals surface area contributed by atoms with Gasteiger partial charge in [0, 0.05) is 51.2 Å². The minimum Gasteiger partial charge on any atom is -0.444 e. The first kappa shape index (κ1) is 39.5. The van der Waals surface area contributed by atoms with Gasteiger partial charge >= 0.3 is 6.09 Å². The van der Waals surface area contributed by atoms with Gasteiger partial charge in [-0.15, -0.1) is 0 Å². The van der Waals surface area contributed by atoms with Crippen molar-refractivity contribution >= 4 is 55.3 Å². The molecule has 0 atom stereocenters. The van der Waals surface area contributed by atoms with E-state index in [0.29, 0.717) is 30.3 Å². The fraction of sp³-hybridized carbons (Fsp3) is 0.394. The van der Waals surface area contributed by atoms with Crippen molar-refractivity contribution in [2.24, 2.45) is 0 Å². The third kappa shape index (κ3) is 10.4. The number of piperazine rings is 1. The van der Waals surface area contributed by atoms with Gasteiger partial charge in [-0.1, -0.05) is 6.07 Å². The number of hydrogen-bond donors (Lipinski definition) is 3. The maximum absolute atomic E-state index is 13.5. The first-order valence-electron chi connectivity index (χ1n) is 16.0. The topological polar surface area (TPSA) is 224 Å². The summed E-state index contributed by atoms with van der Waals surface area (Å²) in [6.45, 7) is 7.37. The molecule has 3 N–H and O–H groups in total. The molecule has 1 fully saturated rings. The lowest BCUT2D eigenvalue weighted by Gasteiger charge is -2.34. The van der Waals surface area contributed by atoms with Crippen molar-refractivity contribution in [3.63, 3.8) is 0 Å². The number of hydrogen-bond acceptors (Lipinski definition) is 12. The van der Waals surface area contributed by atoms with Crippen LogP contribution in [0.1, 0.15) is 48.1 Å². The highest BCUT2D eigenvalue weighted by Gasteiger charge is 2.30. The van der Waals surface area contributed by atoms with E-state index in [1.165, 1.54) is 47.8 Å². The summed E-state index contributed by atoms with van der Waals surface area (Å²) in [4.78, 5) is 48.2. The van der Waals surface area contributed by atoms with Crippen molar-refractivity contribution in [1.82, 2.24) is 24.9 Å². The summed E-state index contributed by atoms with van der Waals surface area (Å²) in [6.07, 6.45) is 0.227. The molecule has 1 aromatic heterocycles. The molecule has 19 heteroatoms. The van der Waals surface area contributed by atoms with Gasteiger partial charge in [-0.05, 0) is 75.7 Å². The van der Waals surface area contributed by atoms with Crippen molar-refractivity contribution in [2.75, 3.05) is 60.5 Å². The van der Waals surface area contributed by atoms with E-state index >= 15 is 0 Å². The Kier molecular flexibility index (Phi) is 12.1. The molecule has 52 heavy (non-hydrogen) atoms. The number of nitrogens with zero attached hydrogens (tertiary/aromatic N) is 6. The zero-order valence-electron chi connectivity index (χ0n) is 29.6. The Morgan fingerprint density at radius 1 is 0.962 bits per heavy atom. The molecule has 0 radical (unpaired) electrons. The molecule has 17 nitrogen and oxygen atoms in total. The Bertz CT molecular complexity index is 2090. The average molecular weight is 756 g/mol. The minimum atomic E-state index is -3.89. The summed E-state index contributed by atoms with van der Waals surface area (Å²) in [7, 11) is -6.37. The first-order chi connectivity index (χ1) is 24.3. The van der Waals surface area contributed by atoms with Crippen molar-refractivity contribution in [2.45, 2.75) is 44.7 Å². The van der Waals surface area contributed by atoms with E-state index in [1.807, 2.05) is 11.0 Å². The maximum atomic E-state index is 13.5. The standard InChI is InChI=1S/C33H41N9O8S2/c1-22-17-25(19-34)39-31(37-22)41-13-15-42(16-14-41)52(48,49)26-10-8-24(9-11-26)38-30(44)27-18-23(7-12-28(27)40(5)51(6,46)47)20-35-29(43)21-36-32(45)50-33(2,3)4/h7-12,17-18H,13-16,20-21H2,1-6H3,(H,35,43)(H,36,45)(H,38,44). The monoisotopic (exact) mass is 755 g/mol. The smallest absolute Gasteiger partial charge is 0.408 e. The van der Waals surface area contributed by atoms with Crippen LogP contribution in [0.3, 0.4) is 0 Å². The number of ether oxygens (including phenoxy) is 1. The Morgan fingerprint density at radius 2 is 1.62 bits per heavy atom. The van der Waals surface area contributed by atoms with Crippen molar-refractivity contribution in [3.8, 4) is 6.07 Å². The number of alkyl carbamates (subject to hydrolysis) is 1. The third-order valence-corrected chi connectivity index (χ3v) is 10.8. The molecule has 0 saturated carbocycles. The average Bonchev–Trinajstić information content (AvgIpc) is 3.08. The molecule has 2 heterocycles. The Balaban J connectivity index is 1.43. The number of amides is 3. The number of aryl methyl sites for hydroxylation is 1. The van der Waals surface area contributed by atoms with Crippen LogP contribution in [-0.4, -0.2) is 101 Å². The highest BCUT2D eigenvalue weighted by Crippen LogP contribution is 2.26. The summed E-state index contributed by atoms with van der Waals surface area (Å²) in [5.74, 6) is -0.849. The second kappa shape index (κ2) is 15.9. The summed E-state index contributed by atoms with van der Waals surface area (Å²) in [6, 6.07) is 13.5. The van der Waals surface area contributed by atoms with E-state index in [0.717, 1.165) is 10.6 Å². The number of carbonyl (C=O) groups is 3. The van der Waals surface area contributed by atoms with Gasteiger partial charge in [0.2, 0.25) is 31.9 Å². The van der Waals surface area contributed by atoms with Crippen LogP contribution in [0.4, 0.5) is 22.1 Å². The van der Waals surface area contributed by atoms with Crippen LogP contribution in [0.5, 0.6) is 0 Å². The van der Waals surface area contributed by atoms with Gasteiger partial charge in [0.25, 0.3) is 5.91 Å². The van der Waals surface area contributed by atoms with Gasteiger partial charge in [0.15, 0.2) is 0 Å². The lowest BCUT2D eigenvalue weighted by molar-refractivity contribution is -0.120. The van der Waals surface area contributed by atoms with Crippen LogP contribution in [0, 0.1) is 18.3 Å². The largest absolute Gasteiger partial charge is 0.444 e. The van der Waals surface area contributed by atoms with E-state index in [4.69, 9.17) is 4.74 Å². The second-order valence-corrected chi connectivity index (χ2v) is 16.8. The number of nitrogens with one attached hydrogen (secondary N) is 3. The molecule has 0 unspecified atom stereocenters. The lowest BCUT2D eigenvalue weighted by Crippen LogP contribution is -2.49. The number of sulfonamides is 2. The number of anilines is 3. The summed E-state index contributed by atoms with van der Waals surface area (Å²) in [5, 5.41) is 16.9. The van der Waals surface area contributed by atoms with Crippen LogP contribution in [0.25, 0.3) is 0 Å². The third-order valence-electron chi connectivity index (χ3n) is 7.65. The van der Waals surface area contributed by atoms with Gasteiger partial charge in [-0.25, -0.2) is 31.6 Å². The van der Waals surface area contributed by atoms with Gasteiger partial charge in [-0.3, -0.25) is 13.9 Å².